The first kappa shape index (κ1) is 29.9. The zero-order chi connectivity index (χ0) is 24.0. The van der Waals surface area contributed by atoms with Gasteiger partial charge in [0.25, 0.3) is 0 Å². The van der Waals surface area contributed by atoms with Crippen molar-refractivity contribution >= 4 is 41.9 Å². The van der Waals surface area contributed by atoms with Crippen LogP contribution in [0.3, 0.4) is 0 Å². The second kappa shape index (κ2) is 12.0. The molecule has 0 atom stereocenters. The van der Waals surface area contributed by atoms with Crippen molar-refractivity contribution in [3.63, 3.8) is 0 Å². The summed E-state index contributed by atoms with van der Waals surface area (Å²) in [6.07, 6.45) is 1.30. The van der Waals surface area contributed by atoms with Crippen molar-refractivity contribution in [3.05, 3.63) is 0 Å². The van der Waals surface area contributed by atoms with Crippen molar-refractivity contribution in [2.75, 3.05) is 26.4 Å². The van der Waals surface area contributed by atoms with Gasteiger partial charge in [-0.3, -0.25) is 0 Å². The number of hydrogen-bond donors (Lipinski definition) is 0. The summed E-state index contributed by atoms with van der Waals surface area (Å²) in [5.41, 5.74) is 0. The summed E-state index contributed by atoms with van der Waals surface area (Å²) in [7, 11) is -8.42. The minimum Gasteiger partial charge on any atom is -0.456 e. The fraction of sp³-hybridized carbons (Fsp3) is 1.00. The van der Waals surface area contributed by atoms with E-state index >= 15 is 0 Å². The van der Waals surface area contributed by atoms with E-state index in [1.165, 1.54) is 31.1 Å². The summed E-state index contributed by atoms with van der Waals surface area (Å²) in [4.78, 5) is 0. The molecule has 1 saturated heterocycles. The van der Waals surface area contributed by atoms with Gasteiger partial charge in [0, 0.05) is 25.9 Å². The maximum atomic E-state index is 6.96. The van der Waals surface area contributed by atoms with Crippen molar-refractivity contribution in [2.45, 2.75) is 110 Å². The molecule has 0 aromatic rings. The zero-order valence-electron chi connectivity index (χ0n) is 22.7. The van der Waals surface area contributed by atoms with E-state index in [9.17, 15) is 0 Å². The van der Waals surface area contributed by atoms with Gasteiger partial charge in [0.1, 0.15) is 16.5 Å². The lowest BCUT2D eigenvalue weighted by molar-refractivity contribution is 0.0723. The quantitative estimate of drug-likeness (QED) is 0.227. The van der Waals surface area contributed by atoms with Gasteiger partial charge in [0.05, 0.1) is 0 Å². The molecule has 0 spiro atoms. The van der Waals surface area contributed by atoms with Crippen molar-refractivity contribution in [1.82, 2.24) is 4.23 Å². The Labute approximate surface area is 199 Å². The molecule has 0 aliphatic carbocycles. The molecule has 0 amide bonds. The molecule has 0 bridgehead atoms. The Bertz CT molecular complexity index is 513. The van der Waals surface area contributed by atoms with E-state index in [2.05, 4.69) is 56.6 Å². The van der Waals surface area contributed by atoms with Gasteiger partial charge in [-0.2, -0.15) is 0 Å². The van der Waals surface area contributed by atoms with Crippen molar-refractivity contribution in [1.29, 1.82) is 0 Å². The Morgan fingerprint density at radius 1 is 0.677 bits per heavy atom. The smallest absolute Gasteiger partial charge is 0.456 e. The van der Waals surface area contributed by atoms with Gasteiger partial charge >= 0.3 is 8.80 Å². The van der Waals surface area contributed by atoms with Gasteiger partial charge in [-0.25, -0.2) is 0 Å². The van der Waals surface area contributed by atoms with E-state index in [4.69, 9.17) is 17.4 Å². The fourth-order valence-electron chi connectivity index (χ4n) is 5.27. The third-order valence-corrected chi connectivity index (χ3v) is 28.1. The summed E-state index contributed by atoms with van der Waals surface area (Å²) in [6.45, 7) is 29.2. The molecule has 0 radical (unpaired) electrons. The van der Waals surface area contributed by atoms with E-state index in [0.717, 1.165) is 12.1 Å². The van der Waals surface area contributed by atoms with Crippen LogP contribution in [0.2, 0.25) is 82.6 Å². The van der Waals surface area contributed by atoms with Gasteiger partial charge in [-0.05, 0) is 84.1 Å². The molecule has 0 saturated carbocycles. The van der Waals surface area contributed by atoms with Crippen LogP contribution in [0.1, 0.15) is 27.2 Å². The number of nitrogens with zero attached hydrogens (tertiary/aromatic N) is 1. The number of hydrogen-bond acceptors (Lipinski definition) is 5. The van der Waals surface area contributed by atoms with Crippen LogP contribution in [0, 0.1) is 0 Å². The Kier molecular flexibility index (Phi) is 11.6. The first-order valence-corrected chi connectivity index (χ1v) is 27.0. The summed E-state index contributed by atoms with van der Waals surface area (Å²) < 4.78 is 28.2. The molecule has 1 heterocycles. The molecule has 31 heavy (non-hydrogen) atoms. The van der Waals surface area contributed by atoms with Gasteiger partial charge in [0.2, 0.25) is 0 Å². The van der Waals surface area contributed by atoms with Crippen molar-refractivity contribution in [2.24, 2.45) is 0 Å². The SMILES string of the molecule is CCO[Si](CC[Si](C)(C)O[Si](C)(C)CCCN1[Si](C)(C)CC[Si]1(C)C)(OCC)OCC. The van der Waals surface area contributed by atoms with Crippen LogP contribution in [0.4, 0.5) is 0 Å². The molecule has 1 fully saturated rings. The molecule has 0 N–H and O–H groups in total. The molecular weight excluding hydrogens is 471 g/mol. The molecule has 0 unspecified atom stereocenters. The third-order valence-electron chi connectivity index (χ3n) is 6.65. The van der Waals surface area contributed by atoms with E-state index < -0.39 is 41.9 Å². The monoisotopic (exact) mass is 523 g/mol. The van der Waals surface area contributed by atoms with Crippen LogP contribution < -0.4 is 0 Å². The Hall–Kier alpha value is 0.884. The van der Waals surface area contributed by atoms with Crippen LogP contribution in [0.25, 0.3) is 0 Å². The lowest BCUT2D eigenvalue weighted by Gasteiger charge is -2.40. The Morgan fingerprint density at radius 2 is 1.10 bits per heavy atom. The summed E-state index contributed by atoms with van der Waals surface area (Å²) in [5.74, 6) is 0. The van der Waals surface area contributed by atoms with Gasteiger partial charge in [0.15, 0.2) is 16.6 Å². The molecule has 1 rings (SSSR count). The van der Waals surface area contributed by atoms with E-state index in [1.54, 1.807) is 0 Å². The summed E-state index contributed by atoms with van der Waals surface area (Å²) >= 11 is 0. The highest BCUT2D eigenvalue weighted by Crippen LogP contribution is 2.37. The second-order valence-corrected chi connectivity index (χ2v) is 32.8. The van der Waals surface area contributed by atoms with Crippen LogP contribution >= 0.6 is 0 Å². The number of rotatable bonds is 15. The molecule has 5 nitrogen and oxygen atoms in total. The lowest BCUT2D eigenvalue weighted by atomic mass is 10.5. The van der Waals surface area contributed by atoms with Crippen molar-refractivity contribution < 1.29 is 17.4 Å². The first-order chi connectivity index (χ1) is 14.1. The van der Waals surface area contributed by atoms with Crippen LogP contribution in [0.5, 0.6) is 0 Å². The largest absolute Gasteiger partial charge is 0.500 e. The summed E-state index contributed by atoms with van der Waals surface area (Å²) in [5, 5.41) is 0. The van der Waals surface area contributed by atoms with Crippen molar-refractivity contribution in [3.8, 4) is 0 Å². The Balaban J connectivity index is 2.65. The normalized spacial score (nSPS) is 19.8. The maximum absolute atomic E-state index is 6.96. The average molecular weight is 524 g/mol. The standard InChI is InChI=1S/C21H53NO4Si5/c1-12-23-31(24-13-2,25-14-3)21-20-30(10,11)26-29(8,9)17-15-16-22-27(4,5)18-19-28(22,6)7/h12-21H2,1-11H3. The highest BCUT2D eigenvalue weighted by atomic mass is 28.4. The molecule has 1 aliphatic rings. The minimum atomic E-state index is -2.58. The molecule has 0 aromatic carbocycles. The molecule has 0 aromatic heterocycles. The van der Waals surface area contributed by atoms with Gasteiger partial charge in [-0.1, -0.05) is 26.2 Å². The first-order valence-electron chi connectivity index (χ1n) is 12.5. The minimum absolute atomic E-state index is 0.644. The highest BCUT2D eigenvalue weighted by Gasteiger charge is 2.47. The predicted molar refractivity (Wildman–Crippen MR) is 147 cm³/mol. The average Bonchev–Trinajstić information content (AvgIpc) is 2.82. The van der Waals surface area contributed by atoms with E-state index in [-0.39, 0.29) is 0 Å². The van der Waals surface area contributed by atoms with E-state index in [0.29, 0.717) is 19.8 Å². The van der Waals surface area contributed by atoms with Crippen LogP contribution in [0.15, 0.2) is 0 Å². The summed E-state index contributed by atoms with van der Waals surface area (Å²) in [6, 6.07) is 6.17. The van der Waals surface area contributed by atoms with Crippen LogP contribution in [-0.2, 0) is 17.4 Å². The van der Waals surface area contributed by atoms with E-state index in [1.807, 2.05) is 20.8 Å². The van der Waals surface area contributed by atoms with Crippen LogP contribution in [-0.4, -0.2) is 72.5 Å². The maximum Gasteiger partial charge on any atom is 0.500 e. The highest BCUT2D eigenvalue weighted by molar-refractivity contribution is 6.95. The molecule has 1 aliphatic heterocycles. The van der Waals surface area contributed by atoms with Gasteiger partial charge in [-0.15, -0.1) is 0 Å². The third kappa shape index (κ3) is 9.57. The fourth-order valence-corrected chi connectivity index (χ4v) is 32.9. The second-order valence-electron chi connectivity index (χ2n) is 11.5. The van der Waals surface area contributed by atoms with Gasteiger partial charge < -0.3 is 21.6 Å². The Morgan fingerprint density at radius 3 is 1.52 bits per heavy atom. The molecular formula is C21H53NO4Si5. The lowest BCUT2D eigenvalue weighted by Crippen LogP contribution is -2.55. The zero-order valence-corrected chi connectivity index (χ0v) is 27.7. The topological polar surface area (TPSA) is 40.2 Å². The molecule has 10 heteroatoms. The predicted octanol–water partition coefficient (Wildman–Crippen LogP) is 6.58. The molecule has 186 valence electrons.